The Kier molecular flexibility index (Phi) is 16.4. The van der Waals surface area contributed by atoms with Crippen LogP contribution >= 0.6 is 0 Å². The third kappa shape index (κ3) is 9.67. The second-order valence-corrected chi connectivity index (χ2v) is 17.8. The molecule has 8 heteroatoms. The van der Waals surface area contributed by atoms with Crippen LogP contribution in [0.3, 0.4) is 0 Å². The fourth-order valence-electron chi connectivity index (χ4n) is 10.8. The number of carbonyl (C=O) groups excluding carboxylic acids is 2. The summed E-state index contributed by atoms with van der Waals surface area (Å²) in [5.41, 5.74) is -3.50. The van der Waals surface area contributed by atoms with Gasteiger partial charge in [0.15, 0.2) is 5.79 Å². The highest BCUT2D eigenvalue weighted by atomic mass is 16.8. The quantitative estimate of drug-likeness (QED) is 0.0425. The summed E-state index contributed by atoms with van der Waals surface area (Å²) < 4.78 is 31.1. The van der Waals surface area contributed by atoms with E-state index in [1.54, 1.807) is 0 Å². The van der Waals surface area contributed by atoms with Crippen LogP contribution in [0, 0.1) is 5.92 Å². The number of ether oxygens (including phenoxy) is 5. The van der Waals surface area contributed by atoms with E-state index in [1.165, 1.54) is 148 Å². The zero-order chi connectivity index (χ0) is 37.7. The molecule has 306 valence electrons. The van der Waals surface area contributed by atoms with Crippen LogP contribution in [-0.2, 0) is 33.3 Å². The number of rotatable bonds is 31. The van der Waals surface area contributed by atoms with E-state index in [-0.39, 0.29) is 12.4 Å². The molecule has 7 atom stereocenters. The molecule has 4 heterocycles. The average Bonchev–Trinajstić information content (AvgIpc) is 3.52. The normalized spacial score (nSPS) is 33.5. The summed E-state index contributed by atoms with van der Waals surface area (Å²) in [5, 5.41) is 12.6. The zero-order valence-electron chi connectivity index (χ0n) is 34.3. The molecular formula is C45H78O8. The van der Waals surface area contributed by atoms with E-state index in [4.69, 9.17) is 23.7 Å². The molecule has 0 aromatic rings. The minimum absolute atomic E-state index is 0.0701. The molecular weight excluding hydrogens is 668 g/mol. The molecule has 1 spiro atoms. The summed E-state index contributed by atoms with van der Waals surface area (Å²) in [6.07, 6.45) is 37.2. The first-order valence-corrected chi connectivity index (χ1v) is 22.9. The molecule has 4 saturated heterocycles. The van der Waals surface area contributed by atoms with Crippen LogP contribution in [0.1, 0.15) is 226 Å². The van der Waals surface area contributed by atoms with Gasteiger partial charge in [0.25, 0.3) is 0 Å². The molecule has 5 fully saturated rings. The van der Waals surface area contributed by atoms with Gasteiger partial charge >= 0.3 is 11.9 Å². The van der Waals surface area contributed by atoms with E-state index < -0.39 is 46.4 Å². The van der Waals surface area contributed by atoms with Crippen LogP contribution in [0.4, 0.5) is 0 Å². The third-order valence-electron chi connectivity index (χ3n) is 13.8. The number of epoxide rings is 1. The van der Waals surface area contributed by atoms with Gasteiger partial charge < -0.3 is 28.8 Å². The second kappa shape index (κ2) is 20.3. The summed E-state index contributed by atoms with van der Waals surface area (Å²) in [7, 11) is 1.36. The van der Waals surface area contributed by atoms with Crippen molar-refractivity contribution in [3.63, 3.8) is 0 Å². The SMILES string of the molecule is CCCCCCCCCCCCCCCCC12CC3OC(=O)CC3(O1)C1CC3(CCCCCCCCCCCCCCCC)OC3(C(=O)OC)C1(O)O2. The first-order valence-electron chi connectivity index (χ1n) is 22.9. The lowest BCUT2D eigenvalue weighted by atomic mass is 9.76. The molecule has 7 unspecified atom stereocenters. The number of methoxy groups -OCH3 is 1. The zero-order valence-corrected chi connectivity index (χ0v) is 34.3. The smallest absolute Gasteiger partial charge is 0.347 e. The van der Waals surface area contributed by atoms with E-state index in [9.17, 15) is 14.7 Å². The van der Waals surface area contributed by atoms with Gasteiger partial charge in [0.1, 0.15) is 17.3 Å². The highest BCUT2D eigenvalue weighted by molar-refractivity contribution is 5.88. The Balaban J connectivity index is 1.06. The molecule has 0 radical (unpaired) electrons. The van der Waals surface area contributed by atoms with Crippen molar-refractivity contribution in [3.8, 4) is 0 Å². The molecule has 4 aliphatic heterocycles. The number of aliphatic hydroxyl groups is 1. The molecule has 5 rings (SSSR count). The fourth-order valence-corrected chi connectivity index (χ4v) is 10.8. The van der Waals surface area contributed by atoms with Crippen molar-refractivity contribution in [3.05, 3.63) is 0 Å². The average molecular weight is 747 g/mol. The Morgan fingerprint density at radius 3 is 1.51 bits per heavy atom. The van der Waals surface area contributed by atoms with E-state index in [1.807, 2.05) is 0 Å². The predicted molar refractivity (Wildman–Crippen MR) is 208 cm³/mol. The number of unbranched alkanes of at least 4 members (excludes halogenated alkanes) is 26. The van der Waals surface area contributed by atoms with Crippen LogP contribution in [0.15, 0.2) is 0 Å². The Hall–Kier alpha value is -1.22. The summed E-state index contributed by atoms with van der Waals surface area (Å²) in [6, 6.07) is 0. The van der Waals surface area contributed by atoms with Gasteiger partial charge in [0.2, 0.25) is 11.4 Å². The number of hydrogen-bond acceptors (Lipinski definition) is 8. The van der Waals surface area contributed by atoms with Crippen molar-refractivity contribution in [2.75, 3.05) is 7.11 Å². The maximum atomic E-state index is 13.7. The van der Waals surface area contributed by atoms with Crippen molar-refractivity contribution in [1.82, 2.24) is 0 Å². The van der Waals surface area contributed by atoms with Crippen molar-refractivity contribution >= 4 is 11.9 Å². The summed E-state index contributed by atoms with van der Waals surface area (Å²) in [6.45, 7) is 4.54. The van der Waals surface area contributed by atoms with E-state index >= 15 is 0 Å². The Morgan fingerprint density at radius 2 is 1.06 bits per heavy atom. The Labute approximate surface area is 322 Å². The highest BCUT2D eigenvalue weighted by Crippen LogP contribution is 2.76. The lowest BCUT2D eigenvalue weighted by molar-refractivity contribution is -0.435. The first kappa shape index (κ1) is 42.9. The van der Waals surface area contributed by atoms with Crippen molar-refractivity contribution < 1.29 is 38.4 Å². The van der Waals surface area contributed by atoms with Crippen molar-refractivity contribution in [2.24, 2.45) is 5.92 Å². The van der Waals surface area contributed by atoms with Gasteiger partial charge in [-0.3, -0.25) is 4.79 Å². The van der Waals surface area contributed by atoms with Gasteiger partial charge in [0, 0.05) is 12.8 Å². The standard InChI is InChI=1S/C45H78O8/c1-4-6-8-10-12-14-16-18-20-22-24-26-28-30-32-41-34-37-43-36-39(46)50-38(43)35-42(52-43,53-45(37,48)44(41,51-41)40(47)49-3)33-31-29-27-25-23-21-19-17-15-13-11-9-7-5-2/h37-38,48H,4-36H2,1-3H3. The van der Waals surface area contributed by atoms with Gasteiger partial charge in [-0.25, -0.2) is 4.79 Å². The molecule has 1 saturated carbocycles. The summed E-state index contributed by atoms with van der Waals surface area (Å²) in [5.74, 6) is -4.56. The Morgan fingerprint density at radius 1 is 0.623 bits per heavy atom. The van der Waals surface area contributed by atoms with Crippen LogP contribution in [0.2, 0.25) is 0 Å². The molecule has 0 amide bonds. The van der Waals surface area contributed by atoms with E-state index in [2.05, 4.69) is 13.8 Å². The molecule has 0 aromatic carbocycles. The minimum Gasteiger partial charge on any atom is -0.467 e. The minimum atomic E-state index is -1.94. The van der Waals surface area contributed by atoms with Gasteiger partial charge in [-0.1, -0.05) is 187 Å². The van der Waals surface area contributed by atoms with Gasteiger partial charge in [-0.15, -0.1) is 0 Å². The van der Waals surface area contributed by atoms with E-state index in [0.717, 1.165) is 38.5 Å². The molecule has 2 bridgehead atoms. The summed E-state index contributed by atoms with van der Waals surface area (Å²) in [4.78, 5) is 26.4. The lowest BCUT2D eigenvalue weighted by Crippen LogP contribution is -2.68. The fraction of sp³-hybridized carbons (Fsp3) is 0.956. The van der Waals surface area contributed by atoms with Crippen LogP contribution < -0.4 is 0 Å². The third-order valence-corrected chi connectivity index (χ3v) is 13.8. The van der Waals surface area contributed by atoms with Gasteiger partial charge in [0.05, 0.1) is 19.4 Å². The molecule has 5 aliphatic rings. The predicted octanol–water partition coefficient (Wildman–Crippen LogP) is 11.3. The summed E-state index contributed by atoms with van der Waals surface area (Å²) >= 11 is 0. The van der Waals surface area contributed by atoms with Gasteiger partial charge in [-0.2, -0.15) is 0 Å². The largest absolute Gasteiger partial charge is 0.467 e. The number of carbonyl (C=O) groups is 2. The maximum Gasteiger partial charge on any atom is 0.347 e. The topological polar surface area (TPSA) is 104 Å². The molecule has 53 heavy (non-hydrogen) atoms. The number of fused-ring (bicyclic) bond motifs is 4. The number of hydrogen-bond donors (Lipinski definition) is 1. The molecule has 1 N–H and O–H groups in total. The number of esters is 2. The van der Waals surface area contributed by atoms with Crippen LogP contribution in [0.5, 0.6) is 0 Å². The van der Waals surface area contributed by atoms with E-state index in [0.29, 0.717) is 25.7 Å². The molecule has 8 nitrogen and oxygen atoms in total. The highest BCUT2D eigenvalue weighted by Gasteiger charge is 2.96. The van der Waals surface area contributed by atoms with Crippen LogP contribution in [0.25, 0.3) is 0 Å². The van der Waals surface area contributed by atoms with Crippen molar-refractivity contribution in [2.45, 2.75) is 260 Å². The first-order chi connectivity index (χ1) is 25.8. The monoisotopic (exact) mass is 747 g/mol. The second-order valence-electron chi connectivity index (χ2n) is 17.8. The maximum absolute atomic E-state index is 13.7. The Bertz CT molecular complexity index is 1130. The van der Waals surface area contributed by atoms with Gasteiger partial charge in [-0.05, 0) is 19.3 Å². The molecule has 0 aromatic heterocycles. The van der Waals surface area contributed by atoms with Crippen LogP contribution in [-0.4, -0.2) is 58.6 Å². The lowest BCUT2D eigenvalue weighted by Gasteiger charge is -2.51. The molecule has 1 aliphatic carbocycles. The van der Waals surface area contributed by atoms with Crippen molar-refractivity contribution in [1.29, 1.82) is 0 Å².